The Morgan fingerprint density at radius 2 is 2.11 bits per heavy atom. The van der Waals surface area contributed by atoms with Crippen LogP contribution in [0.1, 0.15) is 24.5 Å². The van der Waals surface area contributed by atoms with Crippen molar-refractivity contribution in [3.8, 4) is 0 Å². The van der Waals surface area contributed by atoms with Crippen molar-refractivity contribution >= 4 is 5.69 Å². The van der Waals surface area contributed by atoms with Crippen molar-refractivity contribution < 1.29 is 17.9 Å². The summed E-state index contributed by atoms with van der Waals surface area (Å²) in [5.41, 5.74) is -0.112. The van der Waals surface area contributed by atoms with Gasteiger partial charge in [0.2, 0.25) is 0 Å². The van der Waals surface area contributed by atoms with E-state index in [4.69, 9.17) is 4.74 Å². The molecule has 1 aliphatic heterocycles. The van der Waals surface area contributed by atoms with Gasteiger partial charge in [0.25, 0.3) is 0 Å². The maximum atomic E-state index is 12.9. The second-order valence-electron chi connectivity index (χ2n) is 4.96. The average Bonchev–Trinajstić information content (AvgIpc) is 2.26. The summed E-state index contributed by atoms with van der Waals surface area (Å²) in [6.45, 7) is 2.27. The third-order valence-corrected chi connectivity index (χ3v) is 3.29. The van der Waals surface area contributed by atoms with Gasteiger partial charge in [-0.25, -0.2) is 0 Å². The second kappa shape index (κ2) is 4.46. The molecule has 1 heterocycles. The Labute approximate surface area is 104 Å². The topological polar surface area (TPSA) is 21.3 Å². The monoisotopic (exact) mass is 259 g/mol. The molecule has 0 saturated heterocycles. The van der Waals surface area contributed by atoms with E-state index in [-0.39, 0.29) is 5.69 Å². The van der Waals surface area contributed by atoms with Gasteiger partial charge in [0.05, 0.1) is 23.4 Å². The van der Waals surface area contributed by atoms with Crippen LogP contribution in [0.2, 0.25) is 0 Å². The number of benzene rings is 1. The van der Waals surface area contributed by atoms with Crippen molar-refractivity contribution in [3.63, 3.8) is 0 Å². The summed E-state index contributed by atoms with van der Waals surface area (Å²) in [5.74, 6) is 0. The van der Waals surface area contributed by atoms with Gasteiger partial charge in [0.1, 0.15) is 0 Å². The Bertz CT molecular complexity index is 444. The number of anilines is 1. The third-order valence-electron chi connectivity index (χ3n) is 3.29. The van der Waals surface area contributed by atoms with Crippen LogP contribution in [-0.4, -0.2) is 19.3 Å². The average molecular weight is 259 g/mol. The van der Waals surface area contributed by atoms with E-state index in [2.05, 4.69) is 5.32 Å². The number of methoxy groups -OCH3 is 1. The number of nitrogens with one attached hydrogen (secondary N) is 1. The lowest BCUT2D eigenvalue weighted by molar-refractivity contribution is -0.137. The molecule has 0 fully saturated rings. The SMILES string of the molecule is COCC1(C)CCc2cccc(C(F)(F)F)c2N1. The van der Waals surface area contributed by atoms with E-state index in [1.165, 1.54) is 6.07 Å². The van der Waals surface area contributed by atoms with E-state index in [0.29, 0.717) is 13.0 Å². The van der Waals surface area contributed by atoms with Crippen LogP contribution in [-0.2, 0) is 17.3 Å². The summed E-state index contributed by atoms with van der Waals surface area (Å²) < 4.78 is 43.9. The normalized spacial score (nSPS) is 23.4. The van der Waals surface area contributed by atoms with Crippen LogP contribution in [0.4, 0.5) is 18.9 Å². The maximum Gasteiger partial charge on any atom is 0.418 e. The molecule has 0 aromatic heterocycles. The van der Waals surface area contributed by atoms with Crippen LogP contribution in [0.25, 0.3) is 0 Å². The molecule has 18 heavy (non-hydrogen) atoms. The highest BCUT2D eigenvalue weighted by atomic mass is 19.4. The van der Waals surface area contributed by atoms with E-state index in [1.807, 2.05) is 6.92 Å². The van der Waals surface area contributed by atoms with Crippen molar-refractivity contribution in [3.05, 3.63) is 29.3 Å². The Kier molecular flexibility index (Phi) is 3.27. The van der Waals surface area contributed by atoms with Crippen LogP contribution in [0.15, 0.2) is 18.2 Å². The number of rotatable bonds is 2. The fraction of sp³-hybridized carbons (Fsp3) is 0.538. The van der Waals surface area contributed by atoms with E-state index in [1.54, 1.807) is 13.2 Å². The highest BCUT2D eigenvalue weighted by Gasteiger charge is 2.38. The molecule has 5 heteroatoms. The number of hydrogen-bond acceptors (Lipinski definition) is 2. The summed E-state index contributed by atoms with van der Waals surface area (Å²) in [6, 6.07) is 4.32. The fourth-order valence-electron chi connectivity index (χ4n) is 2.39. The minimum Gasteiger partial charge on any atom is -0.382 e. The van der Waals surface area contributed by atoms with Gasteiger partial charge in [-0.3, -0.25) is 0 Å². The van der Waals surface area contributed by atoms with Crippen molar-refractivity contribution in [1.29, 1.82) is 0 Å². The van der Waals surface area contributed by atoms with Crippen molar-refractivity contribution in [2.75, 3.05) is 19.0 Å². The van der Waals surface area contributed by atoms with Crippen LogP contribution < -0.4 is 5.32 Å². The fourth-order valence-corrected chi connectivity index (χ4v) is 2.39. The molecule has 1 aromatic rings. The summed E-state index contributed by atoms with van der Waals surface area (Å²) in [4.78, 5) is 0. The lowest BCUT2D eigenvalue weighted by Crippen LogP contribution is -2.43. The molecule has 2 nitrogen and oxygen atoms in total. The molecule has 0 saturated carbocycles. The molecule has 0 spiro atoms. The van der Waals surface area contributed by atoms with Crippen LogP contribution in [0, 0.1) is 0 Å². The first-order valence-electron chi connectivity index (χ1n) is 5.82. The van der Waals surface area contributed by atoms with E-state index in [0.717, 1.165) is 18.1 Å². The van der Waals surface area contributed by atoms with Crippen molar-refractivity contribution in [2.24, 2.45) is 0 Å². The largest absolute Gasteiger partial charge is 0.418 e. The van der Waals surface area contributed by atoms with Gasteiger partial charge >= 0.3 is 6.18 Å². The zero-order chi connectivity index (χ0) is 13.4. The van der Waals surface area contributed by atoms with Gasteiger partial charge in [-0.05, 0) is 31.4 Å². The second-order valence-corrected chi connectivity index (χ2v) is 4.96. The Morgan fingerprint density at radius 3 is 2.72 bits per heavy atom. The molecule has 1 N–H and O–H groups in total. The van der Waals surface area contributed by atoms with Crippen molar-refractivity contribution in [2.45, 2.75) is 31.5 Å². The molecule has 0 bridgehead atoms. The minimum atomic E-state index is -4.33. The zero-order valence-electron chi connectivity index (χ0n) is 10.4. The van der Waals surface area contributed by atoms with Gasteiger partial charge in [-0.2, -0.15) is 13.2 Å². The summed E-state index contributed by atoms with van der Waals surface area (Å²) >= 11 is 0. The molecule has 1 atom stereocenters. The molecule has 1 aliphatic rings. The quantitative estimate of drug-likeness (QED) is 0.878. The minimum absolute atomic E-state index is 0.204. The number of aryl methyl sites for hydroxylation is 1. The number of ether oxygens (including phenoxy) is 1. The van der Waals surface area contributed by atoms with Gasteiger partial charge < -0.3 is 10.1 Å². The van der Waals surface area contributed by atoms with E-state index in [9.17, 15) is 13.2 Å². The first kappa shape index (κ1) is 13.2. The molecule has 0 radical (unpaired) electrons. The first-order chi connectivity index (χ1) is 8.36. The van der Waals surface area contributed by atoms with Crippen LogP contribution >= 0.6 is 0 Å². The Balaban J connectivity index is 2.41. The number of halogens is 3. The number of para-hydroxylation sites is 1. The summed E-state index contributed by atoms with van der Waals surface area (Å²) in [7, 11) is 1.55. The molecule has 100 valence electrons. The molecule has 1 unspecified atom stereocenters. The van der Waals surface area contributed by atoms with E-state index < -0.39 is 17.3 Å². The van der Waals surface area contributed by atoms with Gasteiger partial charge in [-0.1, -0.05) is 12.1 Å². The number of fused-ring (bicyclic) bond motifs is 1. The third kappa shape index (κ3) is 2.46. The lowest BCUT2D eigenvalue weighted by Gasteiger charge is -2.37. The standard InChI is InChI=1S/C13H16F3NO/c1-12(8-18-2)7-6-9-4-3-5-10(11(9)17-12)13(14,15)16/h3-5,17H,6-8H2,1-2H3. The highest BCUT2D eigenvalue weighted by Crippen LogP contribution is 2.41. The molecule has 2 rings (SSSR count). The van der Waals surface area contributed by atoms with Gasteiger partial charge in [-0.15, -0.1) is 0 Å². The highest BCUT2D eigenvalue weighted by molar-refractivity contribution is 5.62. The molecular formula is C13H16F3NO. The molecule has 0 amide bonds. The lowest BCUT2D eigenvalue weighted by atomic mass is 9.87. The van der Waals surface area contributed by atoms with Gasteiger partial charge in [0, 0.05) is 7.11 Å². The first-order valence-corrected chi connectivity index (χ1v) is 5.82. The smallest absolute Gasteiger partial charge is 0.382 e. The van der Waals surface area contributed by atoms with Crippen LogP contribution in [0.3, 0.4) is 0 Å². The summed E-state index contributed by atoms with van der Waals surface area (Å²) in [6.07, 6.45) is -2.94. The van der Waals surface area contributed by atoms with Gasteiger partial charge in [0.15, 0.2) is 0 Å². The molecule has 0 aliphatic carbocycles. The molecule has 1 aromatic carbocycles. The predicted octanol–water partition coefficient (Wildman–Crippen LogP) is 3.47. The number of hydrogen-bond donors (Lipinski definition) is 1. The molecular weight excluding hydrogens is 243 g/mol. The van der Waals surface area contributed by atoms with Crippen LogP contribution in [0.5, 0.6) is 0 Å². The predicted molar refractivity (Wildman–Crippen MR) is 63.7 cm³/mol. The number of alkyl halides is 3. The van der Waals surface area contributed by atoms with Crippen molar-refractivity contribution in [1.82, 2.24) is 0 Å². The Hall–Kier alpha value is -1.23. The summed E-state index contributed by atoms with van der Waals surface area (Å²) in [5, 5.41) is 3.00. The maximum absolute atomic E-state index is 12.9. The zero-order valence-corrected chi connectivity index (χ0v) is 10.4. The van der Waals surface area contributed by atoms with E-state index >= 15 is 0 Å². The Morgan fingerprint density at radius 1 is 1.39 bits per heavy atom.